The van der Waals surface area contributed by atoms with Gasteiger partial charge in [-0.3, -0.25) is 0 Å². The highest BCUT2D eigenvalue weighted by molar-refractivity contribution is 9.10. The minimum atomic E-state index is 0.0221. The Morgan fingerprint density at radius 2 is 2.21 bits per heavy atom. The maximum absolute atomic E-state index is 6.03. The summed E-state index contributed by atoms with van der Waals surface area (Å²) in [5, 5.41) is 3.35. The first-order valence-electron chi connectivity index (χ1n) is 6.64. The van der Waals surface area contributed by atoms with Crippen molar-refractivity contribution in [2.24, 2.45) is 0 Å². The molecule has 2 aliphatic rings. The number of morpholine rings is 1. The van der Waals surface area contributed by atoms with Gasteiger partial charge in [-0.2, -0.15) is 0 Å². The lowest BCUT2D eigenvalue weighted by atomic mass is 10.1. The number of hydrogen-bond donors (Lipinski definition) is 1. The molecule has 5 heteroatoms. The Morgan fingerprint density at radius 1 is 1.37 bits per heavy atom. The topological polar surface area (TPSA) is 39.7 Å². The molecule has 1 unspecified atom stereocenters. The largest absolute Gasteiger partial charge is 0.493 e. The second-order valence-corrected chi connectivity index (χ2v) is 5.82. The molecule has 1 aliphatic heterocycles. The summed E-state index contributed by atoms with van der Waals surface area (Å²) >= 11 is 3.52. The molecule has 1 aromatic carbocycles. The van der Waals surface area contributed by atoms with Gasteiger partial charge in [0.15, 0.2) is 11.5 Å². The molecule has 3 rings (SSSR count). The molecule has 4 nitrogen and oxygen atoms in total. The van der Waals surface area contributed by atoms with Crippen LogP contribution in [0.4, 0.5) is 0 Å². The van der Waals surface area contributed by atoms with E-state index in [4.69, 9.17) is 14.2 Å². The van der Waals surface area contributed by atoms with Crippen molar-refractivity contribution in [3.05, 3.63) is 22.2 Å². The quantitative estimate of drug-likeness (QED) is 0.922. The average Bonchev–Trinajstić information content (AvgIpc) is 3.25. The highest BCUT2D eigenvalue weighted by Crippen LogP contribution is 2.42. The normalized spacial score (nSPS) is 23.2. The van der Waals surface area contributed by atoms with Crippen LogP contribution in [0.25, 0.3) is 0 Å². The predicted octanol–water partition coefficient (Wildman–Crippen LogP) is 2.66. The van der Waals surface area contributed by atoms with E-state index in [1.165, 1.54) is 0 Å². The number of halogens is 1. The summed E-state index contributed by atoms with van der Waals surface area (Å²) in [5.74, 6) is 1.60. The Hall–Kier alpha value is -0.780. The fourth-order valence-electron chi connectivity index (χ4n) is 2.22. The van der Waals surface area contributed by atoms with Crippen molar-refractivity contribution in [1.82, 2.24) is 5.32 Å². The Kier molecular flexibility index (Phi) is 3.96. The van der Waals surface area contributed by atoms with Gasteiger partial charge in [-0.25, -0.2) is 0 Å². The van der Waals surface area contributed by atoms with Crippen LogP contribution in [-0.2, 0) is 4.74 Å². The Morgan fingerprint density at radius 3 is 2.84 bits per heavy atom. The molecule has 0 bridgehead atoms. The first kappa shape index (κ1) is 13.2. The Labute approximate surface area is 121 Å². The number of hydrogen-bond acceptors (Lipinski definition) is 4. The molecule has 0 spiro atoms. The van der Waals surface area contributed by atoms with Crippen LogP contribution in [-0.4, -0.2) is 32.9 Å². The van der Waals surface area contributed by atoms with Crippen molar-refractivity contribution in [2.45, 2.75) is 25.0 Å². The van der Waals surface area contributed by atoms with Gasteiger partial charge in [-0.05, 0) is 25.0 Å². The second kappa shape index (κ2) is 5.69. The summed E-state index contributed by atoms with van der Waals surface area (Å²) in [6, 6.07) is 4.01. The Balaban J connectivity index is 1.95. The van der Waals surface area contributed by atoms with Crippen LogP contribution in [0, 0.1) is 0 Å². The van der Waals surface area contributed by atoms with E-state index in [2.05, 4.69) is 27.3 Å². The number of rotatable bonds is 4. The van der Waals surface area contributed by atoms with Gasteiger partial charge in [0.2, 0.25) is 0 Å². The summed E-state index contributed by atoms with van der Waals surface area (Å²) in [7, 11) is 1.67. The summed E-state index contributed by atoms with van der Waals surface area (Å²) in [6.07, 6.45) is 2.62. The molecule has 1 saturated carbocycles. The molecule has 1 heterocycles. The van der Waals surface area contributed by atoms with Crippen LogP contribution < -0.4 is 14.8 Å². The molecule has 1 N–H and O–H groups in total. The predicted molar refractivity (Wildman–Crippen MR) is 75.9 cm³/mol. The molecular formula is C14H18BrNO3. The molecule has 1 atom stereocenters. The zero-order chi connectivity index (χ0) is 13.2. The van der Waals surface area contributed by atoms with Crippen LogP contribution in [0.2, 0.25) is 0 Å². The van der Waals surface area contributed by atoms with E-state index in [1.807, 2.05) is 6.07 Å². The zero-order valence-electron chi connectivity index (χ0n) is 10.9. The van der Waals surface area contributed by atoms with E-state index in [-0.39, 0.29) is 6.10 Å². The van der Waals surface area contributed by atoms with Crippen molar-refractivity contribution < 1.29 is 14.2 Å². The lowest BCUT2D eigenvalue weighted by molar-refractivity contribution is 0.0254. The lowest BCUT2D eigenvalue weighted by Crippen LogP contribution is -2.33. The molecular weight excluding hydrogens is 310 g/mol. The van der Waals surface area contributed by atoms with E-state index < -0.39 is 0 Å². The van der Waals surface area contributed by atoms with Crippen LogP contribution in [0.15, 0.2) is 16.6 Å². The number of nitrogens with one attached hydrogen (secondary N) is 1. The third-order valence-electron chi connectivity index (χ3n) is 3.35. The van der Waals surface area contributed by atoms with Crippen molar-refractivity contribution in [1.29, 1.82) is 0 Å². The van der Waals surface area contributed by atoms with Gasteiger partial charge in [0, 0.05) is 23.1 Å². The van der Waals surface area contributed by atoms with E-state index in [9.17, 15) is 0 Å². The average molecular weight is 328 g/mol. The van der Waals surface area contributed by atoms with Gasteiger partial charge in [-0.1, -0.05) is 15.9 Å². The van der Waals surface area contributed by atoms with Gasteiger partial charge in [0.25, 0.3) is 0 Å². The van der Waals surface area contributed by atoms with Crippen LogP contribution in [0.5, 0.6) is 11.5 Å². The van der Waals surface area contributed by atoms with Crippen molar-refractivity contribution in [3.8, 4) is 11.5 Å². The molecule has 1 aromatic rings. The van der Waals surface area contributed by atoms with Crippen LogP contribution >= 0.6 is 15.9 Å². The molecule has 1 saturated heterocycles. The standard InChI is InChI=1S/C14H18BrNO3/c1-17-12-7-9(15)6-11(13-8-16-4-5-18-13)14(12)19-10-2-3-10/h6-7,10,13,16H,2-5,8H2,1H3. The van der Waals surface area contributed by atoms with Crippen LogP contribution in [0.1, 0.15) is 24.5 Å². The monoisotopic (exact) mass is 327 g/mol. The zero-order valence-corrected chi connectivity index (χ0v) is 12.5. The SMILES string of the molecule is COc1cc(Br)cc(C2CNCCO2)c1OC1CC1. The van der Waals surface area contributed by atoms with Gasteiger partial charge in [0.1, 0.15) is 0 Å². The minimum absolute atomic E-state index is 0.0221. The van der Waals surface area contributed by atoms with Crippen molar-refractivity contribution >= 4 is 15.9 Å². The molecule has 104 valence electrons. The number of methoxy groups -OCH3 is 1. The highest BCUT2D eigenvalue weighted by Gasteiger charge is 2.29. The third kappa shape index (κ3) is 3.04. The molecule has 0 amide bonds. The summed E-state index contributed by atoms with van der Waals surface area (Å²) in [6.45, 7) is 2.43. The summed E-state index contributed by atoms with van der Waals surface area (Å²) in [4.78, 5) is 0. The van der Waals surface area contributed by atoms with E-state index >= 15 is 0 Å². The van der Waals surface area contributed by atoms with E-state index in [0.29, 0.717) is 6.10 Å². The smallest absolute Gasteiger partial charge is 0.167 e. The molecule has 0 radical (unpaired) electrons. The van der Waals surface area contributed by atoms with Gasteiger partial charge < -0.3 is 19.5 Å². The maximum Gasteiger partial charge on any atom is 0.167 e. The number of benzene rings is 1. The Bertz CT molecular complexity index is 456. The number of ether oxygens (including phenoxy) is 3. The van der Waals surface area contributed by atoms with Gasteiger partial charge in [0.05, 0.1) is 25.9 Å². The first-order valence-corrected chi connectivity index (χ1v) is 7.43. The maximum atomic E-state index is 6.03. The highest BCUT2D eigenvalue weighted by atomic mass is 79.9. The van der Waals surface area contributed by atoms with Crippen molar-refractivity contribution in [2.75, 3.05) is 26.8 Å². The van der Waals surface area contributed by atoms with Crippen LogP contribution in [0.3, 0.4) is 0 Å². The van der Waals surface area contributed by atoms with Crippen molar-refractivity contribution in [3.63, 3.8) is 0 Å². The van der Waals surface area contributed by atoms with Gasteiger partial charge in [-0.15, -0.1) is 0 Å². The molecule has 2 fully saturated rings. The van der Waals surface area contributed by atoms with Gasteiger partial charge >= 0.3 is 0 Å². The first-order chi connectivity index (χ1) is 9.28. The van der Waals surface area contributed by atoms with E-state index in [0.717, 1.165) is 54.1 Å². The second-order valence-electron chi connectivity index (χ2n) is 4.91. The molecule has 19 heavy (non-hydrogen) atoms. The summed E-state index contributed by atoms with van der Waals surface area (Å²) < 4.78 is 18.3. The summed E-state index contributed by atoms with van der Waals surface area (Å²) in [5.41, 5.74) is 1.06. The molecule has 1 aliphatic carbocycles. The van der Waals surface area contributed by atoms with E-state index in [1.54, 1.807) is 7.11 Å². The fraction of sp³-hybridized carbons (Fsp3) is 0.571. The third-order valence-corrected chi connectivity index (χ3v) is 3.81. The fourth-order valence-corrected chi connectivity index (χ4v) is 2.68. The minimum Gasteiger partial charge on any atom is -0.493 e. The lowest BCUT2D eigenvalue weighted by Gasteiger charge is -2.26. The molecule has 0 aromatic heterocycles.